The van der Waals surface area contributed by atoms with E-state index in [4.69, 9.17) is 0 Å². The fourth-order valence-electron chi connectivity index (χ4n) is 1.72. The van der Waals surface area contributed by atoms with E-state index in [1.807, 2.05) is 29.9 Å². The maximum atomic E-state index is 12.3. The number of halogens is 1. The third-order valence-corrected chi connectivity index (χ3v) is 3.70. The van der Waals surface area contributed by atoms with Crippen LogP contribution in [0.2, 0.25) is 0 Å². The predicted octanol–water partition coefficient (Wildman–Crippen LogP) is 2.74. The number of aryl methyl sites for hydroxylation is 1. The molecular weight excluding hydrogens is 326 g/mol. The van der Waals surface area contributed by atoms with Gasteiger partial charge in [0, 0.05) is 35.9 Å². The molecule has 0 N–H and O–H groups in total. The van der Waals surface area contributed by atoms with Crippen molar-refractivity contribution in [2.24, 2.45) is 7.05 Å². The number of imidazole rings is 1. The number of nitrogens with zero attached hydrogens (tertiary/aromatic N) is 3. The largest absolute Gasteiger partial charge is 0.337 e. The van der Waals surface area contributed by atoms with Crippen molar-refractivity contribution in [2.45, 2.75) is 11.4 Å². The molecule has 0 fully saturated rings. The van der Waals surface area contributed by atoms with Crippen LogP contribution in [0.4, 0.5) is 0 Å². The smallest absolute Gasteiger partial charge is 0.255 e. The van der Waals surface area contributed by atoms with Crippen molar-refractivity contribution in [3.63, 3.8) is 0 Å². The van der Waals surface area contributed by atoms with Gasteiger partial charge >= 0.3 is 0 Å². The van der Waals surface area contributed by atoms with Crippen LogP contribution in [0.5, 0.6) is 0 Å². The molecule has 0 saturated heterocycles. The zero-order chi connectivity index (χ0) is 14.0. The summed E-state index contributed by atoms with van der Waals surface area (Å²) in [5, 5.41) is 0. The molecular formula is C13H14BrN3OS. The summed E-state index contributed by atoms with van der Waals surface area (Å²) in [5.74, 6) is 0.772. The molecule has 0 aliphatic heterocycles. The van der Waals surface area contributed by atoms with Gasteiger partial charge in [0.05, 0.1) is 12.1 Å². The molecule has 0 bridgehead atoms. The minimum atomic E-state index is -0.0690. The van der Waals surface area contributed by atoms with Crippen molar-refractivity contribution in [1.82, 2.24) is 14.5 Å². The van der Waals surface area contributed by atoms with Gasteiger partial charge in [-0.3, -0.25) is 4.79 Å². The summed E-state index contributed by atoms with van der Waals surface area (Å²) in [4.78, 5) is 18.8. The summed E-state index contributed by atoms with van der Waals surface area (Å²) in [7, 11) is 3.66. The zero-order valence-corrected chi connectivity index (χ0v) is 13.1. The van der Waals surface area contributed by atoms with E-state index >= 15 is 0 Å². The Labute approximate surface area is 126 Å². The fraction of sp³-hybridized carbons (Fsp3) is 0.231. The summed E-state index contributed by atoms with van der Waals surface area (Å²) in [6, 6.07) is 5.41. The van der Waals surface area contributed by atoms with Gasteiger partial charge in [0.15, 0.2) is 0 Å². The van der Waals surface area contributed by atoms with Gasteiger partial charge in [-0.15, -0.1) is 12.6 Å². The maximum Gasteiger partial charge on any atom is 0.255 e. The number of amides is 1. The summed E-state index contributed by atoms with van der Waals surface area (Å²) in [6.45, 7) is 0.464. The average molecular weight is 340 g/mol. The van der Waals surface area contributed by atoms with Crippen molar-refractivity contribution < 1.29 is 4.79 Å². The quantitative estimate of drug-likeness (QED) is 0.873. The minimum Gasteiger partial charge on any atom is -0.337 e. The summed E-state index contributed by atoms with van der Waals surface area (Å²) < 4.78 is 2.80. The van der Waals surface area contributed by atoms with Crippen LogP contribution < -0.4 is 0 Å². The van der Waals surface area contributed by atoms with Crippen molar-refractivity contribution >= 4 is 34.5 Å². The Morgan fingerprint density at radius 3 is 2.84 bits per heavy atom. The molecule has 0 atom stereocenters. The maximum absolute atomic E-state index is 12.3. The number of rotatable bonds is 3. The SMILES string of the molecule is CN(Cc1nccn1C)C(=O)c1ccc(Br)cc1S. The van der Waals surface area contributed by atoms with E-state index in [2.05, 4.69) is 33.5 Å². The lowest BCUT2D eigenvalue weighted by molar-refractivity contribution is 0.0777. The first-order valence-corrected chi connectivity index (χ1v) is 6.93. The minimum absolute atomic E-state index is 0.0690. The third kappa shape index (κ3) is 3.19. The lowest BCUT2D eigenvalue weighted by Gasteiger charge is -2.18. The highest BCUT2D eigenvalue weighted by molar-refractivity contribution is 9.10. The van der Waals surface area contributed by atoms with Crippen LogP contribution in [0.1, 0.15) is 16.2 Å². The van der Waals surface area contributed by atoms with E-state index in [-0.39, 0.29) is 5.91 Å². The average Bonchev–Trinajstić information content (AvgIpc) is 2.74. The van der Waals surface area contributed by atoms with Crippen LogP contribution >= 0.6 is 28.6 Å². The van der Waals surface area contributed by atoms with E-state index in [1.165, 1.54) is 0 Å². The third-order valence-electron chi connectivity index (χ3n) is 2.84. The topological polar surface area (TPSA) is 38.1 Å². The van der Waals surface area contributed by atoms with Gasteiger partial charge in [-0.1, -0.05) is 15.9 Å². The molecule has 1 aromatic heterocycles. The number of hydrogen-bond acceptors (Lipinski definition) is 3. The van der Waals surface area contributed by atoms with Crippen molar-refractivity contribution in [2.75, 3.05) is 7.05 Å². The summed E-state index contributed by atoms with van der Waals surface area (Å²) in [6.07, 6.45) is 3.58. The van der Waals surface area contributed by atoms with Crippen molar-refractivity contribution in [3.8, 4) is 0 Å². The molecule has 0 spiro atoms. The highest BCUT2D eigenvalue weighted by Crippen LogP contribution is 2.21. The lowest BCUT2D eigenvalue weighted by atomic mass is 10.2. The lowest BCUT2D eigenvalue weighted by Crippen LogP contribution is -2.27. The predicted molar refractivity (Wildman–Crippen MR) is 80.4 cm³/mol. The summed E-state index contributed by atoms with van der Waals surface area (Å²) >= 11 is 7.69. The number of hydrogen-bond donors (Lipinski definition) is 1. The van der Waals surface area contributed by atoms with Crippen LogP contribution in [-0.4, -0.2) is 27.4 Å². The van der Waals surface area contributed by atoms with E-state index in [0.717, 1.165) is 10.3 Å². The molecule has 19 heavy (non-hydrogen) atoms. The van der Waals surface area contributed by atoms with Crippen LogP contribution in [0.25, 0.3) is 0 Å². The standard InChI is InChI=1S/C13H14BrN3OS/c1-16-6-5-15-12(16)8-17(2)13(18)10-4-3-9(14)7-11(10)19/h3-7,19H,8H2,1-2H3. The number of aromatic nitrogens is 2. The molecule has 0 radical (unpaired) electrons. The molecule has 2 rings (SSSR count). The van der Waals surface area contributed by atoms with Crippen LogP contribution in [0.15, 0.2) is 40.0 Å². The highest BCUT2D eigenvalue weighted by Gasteiger charge is 2.16. The monoisotopic (exact) mass is 339 g/mol. The zero-order valence-electron chi connectivity index (χ0n) is 10.7. The molecule has 1 aromatic carbocycles. The number of benzene rings is 1. The second-order valence-corrected chi connectivity index (χ2v) is 5.67. The Kier molecular flexibility index (Phi) is 4.31. The number of carbonyl (C=O) groups excluding carboxylic acids is 1. The molecule has 2 aromatic rings. The molecule has 100 valence electrons. The normalized spacial score (nSPS) is 10.5. The van der Waals surface area contributed by atoms with E-state index in [9.17, 15) is 4.79 Å². The first-order valence-electron chi connectivity index (χ1n) is 5.69. The van der Waals surface area contributed by atoms with Gasteiger partial charge in [-0.05, 0) is 18.2 Å². The van der Waals surface area contributed by atoms with Crippen LogP contribution in [-0.2, 0) is 13.6 Å². The van der Waals surface area contributed by atoms with Crippen molar-refractivity contribution in [1.29, 1.82) is 0 Å². The Hall–Kier alpha value is -1.27. The Bertz CT molecular complexity index is 612. The first kappa shape index (κ1) is 14.1. The Morgan fingerprint density at radius 1 is 1.53 bits per heavy atom. The molecule has 4 nitrogen and oxygen atoms in total. The molecule has 0 saturated carbocycles. The van der Waals surface area contributed by atoms with Gasteiger partial charge in [0.25, 0.3) is 5.91 Å². The van der Waals surface area contributed by atoms with Crippen LogP contribution in [0, 0.1) is 0 Å². The Morgan fingerprint density at radius 2 is 2.26 bits per heavy atom. The van der Waals surface area contributed by atoms with Gasteiger partial charge in [0.1, 0.15) is 5.82 Å². The van der Waals surface area contributed by atoms with E-state index in [0.29, 0.717) is 17.0 Å². The molecule has 1 heterocycles. The van der Waals surface area contributed by atoms with E-state index < -0.39 is 0 Å². The van der Waals surface area contributed by atoms with Gasteiger partial charge < -0.3 is 9.47 Å². The van der Waals surface area contributed by atoms with Crippen molar-refractivity contribution in [3.05, 3.63) is 46.5 Å². The molecule has 0 aliphatic carbocycles. The Balaban J connectivity index is 2.17. The van der Waals surface area contributed by atoms with Crippen LogP contribution in [0.3, 0.4) is 0 Å². The second-order valence-electron chi connectivity index (χ2n) is 4.28. The number of thiol groups is 1. The first-order chi connectivity index (χ1) is 8.99. The van der Waals surface area contributed by atoms with E-state index in [1.54, 1.807) is 24.2 Å². The molecule has 6 heteroatoms. The van der Waals surface area contributed by atoms with Gasteiger partial charge in [-0.25, -0.2) is 4.98 Å². The van der Waals surface area contributed by atoms with Gasteiger partial charge in [0.2, 0.25) is 0 Å². The number of carbonyl (C=O) groups is 1. The molecule has 0 unspecified atom stereocenters. The molecule has 0 aliphatic rings. The van der Waals surface area contributed by atoms with Gasteiger partial charge in [-0.2, -0.15) is 0 Å². The fourth-order valence-corrected chi connectivity index (χ4v) is 2.57. The molecule has 1 amide bonds. The highest BCUT2D eigenvalue weighted by atomic mass is 79.9. The summed E-state index contributed by atoms with van der Waals surface area (Å²) in [5.41, 5.74) is 0.586. The second kappa shape index (κ2) is 5.79.